The molecule has 0 aliphatic heterocycles. The molecule has 1 atom stereocenters. The zero-order valence-electron chi connectivity index (χ0n) is 13.2. The Balaban J connectivity index is 2.78. The van der Waals surface area contributed by atoms with Gasteiger partial charge in [0.1, 0.15) is 0 Å². The molecule has 0 aliphatic carbocycles. The zero-order chi connectivity index (χ0) is 14.3. The smallest absolute Gasteiger partial charge is 0.0449 e. The number of aryl methyl sites for hydroxylation is 1. The lowest BCUT2D eigenvalue weighted by Crippen LogP contribution is -2.39. The number of hydrogen-bond acceptors (Lipinski definition) is 2. The van der Waals surface area contributed by atoms with Crippen LogP contribution in [0.15, 0.2) is 24.3 Å². The van der Waals surface area contributed by atoms with Gasteiger partial charge in [-0.05, 0) is 45.8 Å². The van der Waals surface area contributed by atoms with E-state index in [1.165, 1.54) is 17.5 Å². The van der Waals surface area contributed by atoms with Crippen molar-refractivity contribution >= 4 is 0 Å². The summed E-state index contributed by atoms with van der Waals surface area (Å²) in [5.74, 6) is 0. The first-order valence-electron chi connectivity index (χ1n) is 7.62. The maximum Gasteiger partial charge on any atom is 0.0449 e. The van der Waals surface area contributed by atoms with E-state index >= 15 is 0 Å². The summed E-state index contributed by atoms with van der Waals surface area (Å²) in [6.45, 7) is 14.4. The van der Waals surface area contributed by atoms with Crippen LogP contribution >= 0.6 is 0 Å². The maximum atomic E-state index is 3.68. The Morgan fingerprint density at radius 1 is 1.11 bits per heavy atom. The van der Waals surface area contributed by atoms with Gasteiger partial charge in [-0.2, -0.15) is 0 Å². The molecule has 1 aromatic carbocycles. The molecule has 0 saturated carbocycles. The lowest BCUT2D eigenvalue weighted by Gasteiger charge is -2.30. The van der Waals surface area contributed by atoms with Gasteiger partial charge in [0.25, 0.3) is 0 Å². The number of benzene rings is 1. The SMILES string of the molecule is CCCNC(CN(CC)C(C)C)c1ccc(C)cc1. The lowest BCUT2D eigenvalue weighted by atomic mass is 10.0. The highest BCUT2D eigenvalue weighted by Gasteiger charge is 2.16. The number of nitrogens with one attached hydrogen (secondary N) is 1. The monoisotopic (exact) mass is 262 g/mol. The molecule has 1 unspecified atom stereocenters. The van der Waals surface area contributed by atoms with E-state index < -0.39 is 0 Å². The van der Waals surface area contributed by atoms with Crippen molar-refractivity contribution in [3.8, 4) is 0 Å². The van der Waals surface area contributed by atoms with Crippen molar-refractivity contribution in [3.05, 3.63) is 35.4 Å². The molecule has 0 fully saturated rings. The van der Waals surface area contributed by atoms with Gasteiger partial charge >= 0.3 is 0 Å². The van der Waals surface area contributed by atoms with Crippen LogP contribution in [-0.4, -0.2) is 30.6 Å². The minimum Gasteiger partial charge on any atom is -0.309 e. The van der Waals surface area contributed by atoms with Crippen molar-refractivity contribution < 1.29 is 0 Å². The van der Waals surface area contributed by atoms with Crippen molar-refractivity contribution in [1.82, 2.24) is 10.2 Å². The molecule has 1 rings (SSSR count). The average Bonchev–Trinajstić information content (AvgIpc) is 2.40. The second-order valence-corrected chi connectivity index (χ2v) is 5.60. The van der Waals surface area contributed by atoms with E-state index in [-0.39, 0.29) is 0 Å². The second kappa shape index (κ2) is 8.34. The van der Waals surface area contributed by atoms with Gasteiger partial charge in [0, 0.05) is 18.6 Å². The van der Waals surface area contributed by atoms with Crippen LogP contribution < -0.4 is 5.32 Å². The Bertz CT molecular complexity index is 343. The molecule has 2 heteroatoms. The third-order valence-electron chi connectivity index (χ3n) is 3.67. The van der Waals surface area contributed by atoms with Gasteiger partial charge in [0.05, 0.1) is 0 Å². The van der Waals surface area contributed by atoms with Crippen molar-refractivity contribution in [1.29, 1.82) is 0 Å². The molecule has 0 spiro atoms. The highest BCUT2D eigenvalue weighted by molar-refractivity contribution is 5.24. The third kappa shape index (κ3) is 5.33. The van der Waals surface area contributed by atoms with Crippen molar-refractivity contribution in [2.24, 2.45) is 0 Å². The highest BCUT2D eigenvalue weighted by Crippen LogP contribution is 2.16. The fourth-order valence-corrected chi connectivity index (χ4v) is 2.34. The fourth-order valence-electron chi connectivity index (χ4n) is 2.34. The molecule has 108 valence electrons. The average molecular weight is 262 g/mol. The summed E-state index contributed by atoms with van der Waals surface area (Å²) in [4.78, 5) is 2.52. The van der Waals surface area contributed by atoms with Crippen LogP contribution in [-0.2, 0) is 0 Å². The first kappa shape index (κ1) is 16.2. The summed E-state index contributed by atoms with van der Waals surface area (Å²) >= 11 is 0. The molecule has 0 saturated heterocycles. The van der Waals surface area contributed by atoms with Crippen LogP contribution in [0.5, 0.6) is 0 Å². The summed E-state index contributed by atoms with van der Waals surface area (Å²) in [6.07, 6.45) is 1.18. The predicted molar refractivity (Wildman–Crippen MR) is 84.6 cm³/mol. The van der Waals surface area contributed by atoms with Gasteiger partial charge in [-0.25, -0.2) is 0 Å². The van der Waals surface area contributed by atoms with E-state index in [1.807, 2.05) is 0 Å². The number of likely N-dealkylation sites (N-methyl/N-ethyl adjacent to an activating group) is 1. The Kier molecular flexibility index (Phi) is 7.11. The first-order valence-corrected chi connectivity index (χ1v) is 7.62. The molecule has 0 amide bonds. The molecular formula is C17H30N2. The van der Waals surface area contributed by atoms with Gasteiger partial charge in [-0.3, -0.25) is 4.90 Å². The third-order valence-corrected chi connectivity index (χ3v) is 3.67. The van der Waals surface area contributed by atoms with Gasteiger partial charge in [-0.15, -0.1) is 0 Å². The minimum atomic E-state index is 0.433. The van der Waals surface area contributed by atoms with E-state index in [2.05, 4.69) is 69.1 Å². The van der Waals surface area contributed by atoms with Crippen LogP contribution in [0.1, 0.15) is 51.3 Å². The van der Waals surface area contributed by atoms with Crippen LogP contribution in [0.25, 0.3) is 0 Å². The topological polar surface area (TPSA) is 15.3 Å². The number of hydrogen-bond donors (Lipinski definition) is 1. The summed E-state index contributed by atoms with van der Waals surface area (Å²) in [5, 5.41) is 3.68. The summed E-state index contributed by atoms with van der Waals surface area (Å²) < 4.78 is 0. The van der Waals surface area contributed by atoms with Gasteiger partial charge in [-0.1, -0.05) is 43.7 Å². The maximum absolute atomic E-state index is 3.68. The molecule has 1 N–H and O–H groups in total. The number of nitrogens with zero attached hydrogens (tertiary/aromatic N) is 1. The lowest BCUT2D eigenvalue weighted by molar-refractivity contribution is 0.207. The quantitative estimate of drug-likeness (QED) is 0.767. The molecular weight excluding hydrogens is 232 g/mol. The van der Waals surface area contributed by atoms with Gasteiger partial charge < -0.3 is 5.32 Å². The van der Waals surface area contributed by atoms with Crippen LogP contribution in [0.2, 0.25) is 0 Å². The normalized spacial score (nSPS) is 13.2. The molecule has 0 bridgehead atoms. The minimum absolute atomic E-state index is 0.433. The standard InChI is InChI=1S/C17H30N2/c1-6-12-18-17(13-19(7-2)14(3)4)16-10-8-15(5)9-11-16/h8-11,14,17-18H,6-7,12-13H2,1-5H3. The van der Waals surface area contributed by atoms with Crippen LogP contribution in [0.3, 0.4) is 0 Å². The summed E-state index contributed by atoms with van der Waals surface area (Å²) in [7, 11) is 0. The Labute approximate surface area is 119 Å². The Morgan fingerprint density at radius 2 is 1.74 bits per heavy atom. The summed E-state index contributed by atoms with van der Waals surface area (Å²) in [5.41, 5.74) is 2.73. The first-order chi connectivity index (χ1) is 9.08. The fraction of sp³-hybridized carbons (Fsp3) is 0.647. The molecule has 19 heavy (non-hydrogen) atoms. The van der Waals surface area contributed by atoms with Crippen molar-refractivity contribution in [3.63, 3.8) is 0 Å². The molecule has 1 aromatic rings. The zero-order valence-corrected chi connectivity index (χ0v) is 13.2. The van der Waals surface area contributed by atoms with E-state index in [9.17, 15) is 0 Å². The number of rotatable bonds is 8. The van der Waals surface area contributed by atoms with Crippen molar-refractivity contribution in [2.45, 2.75) is 53.1 Å². The predicted octanol–water partition coefficient (Wildman–Crippen LogP) is 3.77. The summed E-state index contributed by atoms with van der Waals surface area (Å²) in [6, 6.07) is 9.97. The largest absolute Gasteiger partial charge is 0.309 e. The molecule has 0 heterocycles. The van der Waals surface area contributed by atoms with Gasteiger partial charge in [0.15, 0.2) is 0 Å². The molecule has 0 aromatic heterocycles. The Hall–Kier alpha value is -0.860. The van der Waals surface area contributed by atoms with Crippen LogP contribution in [0, 0.1) is 6.92 Å². The van der Waals surface area contributed by atoms with E-state index in [4.69, 9.17) is 0 Å². The highest BCUT2D eigenvalue weighted by atomic mass is 15.2. The van der Waals surface area contributed by atoms with E-state index in [0.29, 0.717) is 12.1 Å². The second-order valence-electron chi connectivity index (χ2n) is 5.60. The van der Waals surface area contributed by atoms with Crippen molar-refractivity contribution in [2.75, 3.05) is 19.6 Å². The van der Waals surface area contributed by atoms with Crippen LogP contribution in [0.4, 0.5) is 0 Å². The molecule has 0 radical (unpaired) electrons. The molecule has 0 aliphatic rings. The van der Waals surface area contributed by atoms with E-state index in [1.54, 1.807) is 0 Å². The van der Waals surface area contributed by atoms with Gasteiger partial charge in [0.2, 0.25) is 0 Å². The van der Waals surface area contributed by atoms with E-state index in [0.717, 1.165) is 19.6 Å². The Morgan fingerprint density at radius 3 is 2.21 bits per heavy atom. The molecule has 2 nitrogen and oxygen atoms in total.